The Balaban J connectivity index is 1.68. The van der Waals surface area contributed by atoms with Crippen LogP contribution in [-0.4, -0.2) is 71.2 Å². The fourth-order valence-corrected chi connectivity index (χ4v) is 4.94. The molecule has 1 aromatic heterocycles. The zero-order valence-electron chi connectivity index (χ0n) is 24.3. The summed E-state index contributed by atoms with van der Waals surface area (Å²) < 4.78 is 33.7. The molecule has 1 amide bonds. The van der Waals surface area contributed by atoms with Crippen LogP contribution >= 0.6 is 0 Å². The van der Waals surface area contributed by atoms with Gasteiger partial charge in [0, 0.05) is 36.8 Å². The smallest absolute Gasteiger partial charge is 0.247 e. The molecule has 0 bridgehead atoms. The van der Waals surface area contributed by atoms with Crippen LogP contribution in [0, 0.1) is 11.6 Å². The van der Waals surface area contributed by atoms with Gasteiger partial charge in [-0.05, 0) is 59.0 Å². The molecule has 4 rings (SSSR count). The Labute approximate surface area is 243 Å². The van der Waals surface area contributed by atoms with E-state index in [1.54, 1.807) is 6.07 Å². The molecule has 0 saturated carbocycles. The molecule has 11 nitrogen and oxygen atoms in total. The number of methoxy groups -OCH3 is 1. The summed E-state index contributed by atoms with van der Waals surface area (Å²) in [6.45, 7) is 8.15. The maximum absolute atomic E-state index is 14.1. The van der Waals surface area contributed by atoms with E-state index < -0.39 is 17.2 Å². The van der Waals surface area contributed by atoms with Crippen molar-refractivity contribution in [3.8, 4) is 5.75 Å². The number of amides is 1. The number of carbonyl (C=O) groups excluding carboxylic acids is 1. The first kappa shape index (κ1) is 30.6. The molecule has 1 aliphatic heterocycles. The Bertz CT molecular complexity index is 1460. The van der Waals surface area contributed by atoms with Crippen molar-refractivity contribution < 1.29 is 23.4 Å². The van der Waals surface area contributed by atoms with Gasteiger partial charge in [-0.15, -0.1) is 0 Å². The molecule has 0 unspecified atom stereocenters. The van der Waals surface area contributed by atoms with E-state index in [2.05, 4.69) is 47.3 Å². The number of halogens is 2. The van der Waals surface area contributed by atoms with Crippen molar-refractivity contribution in [2.45, 2.75) is 38.3 Å². The number of nitrogens with zero attached hydrogens (tertiary/aromatic N) is 5. The van der Waals surface area contributed by atoms with Gasteiger partial charge >= 0.3 is 0 Å². The predicted molar refractivity (Wildman–Crippen MR) is 159 cm³/mol. The van der Waals surface area contributed by atoms with E-state index >= 15 is 0 Å². The monoisotopic (exact) mass is 582 g/mol. The average Bonchev–Trinajstić information content (AvgIpc) is 3.37. The number of aromatic nitrogens is 3. The highest BCUT2D eigenvalue weighted by Gasteiger charge is 2.29. The standard InChI is InChI=1S/C29H36F2N8O3/c1-7-26(40)34-22-13-23(25(42-6)14-24(22)39-10-8-9-17(39)15-38(4)5)36-28-33-16-32-27(37-28)35-21-12-20(31)19(30)11-18(21)29(2,3)41/h7,11-14,16-17,41H,1,8-10,15H2,2-6H3,(H,34,40)(H2,32,33,35,36,37)/t17-/m1/s1. The minimum absolute atomic E-state index is 0.0170. The van der Waals surface area contributed by atoms with Crippen molar-refractivity contribution in [3.05, 3.63) is 60.4 Å². The molecule has 0 radical (unpaired) electrons. The van der Waals surface area contributed by atoms with Crippen molar-refractivity contribution >= 4 is 40.6 Å². The van der Waals surface area contributed by atoms with Gasteiger partial charge in [-0.3, -0.25) is 4.79 Å². The largest absolute Gasteiger partial charge is 0.494 e. The molecule has 1 atom stereocenters. The molecular formula is C29H36F2N8O3. The number of likely N-dealkylation sites (N-methyl/N-ethyl adjacent to an activating group) is 1. The molecule has 13 heteroatoms. The molecular weight excluding hydrogens is 546 g/mol. The lowest BCUT2D eigenvalue weighted by Crippen LogP contribution is -2.38. The number of hydrogen-bond acceptors (Lipinski definition) is 10. The number of anilines is 6. The first-order valence-corrected chi connectivity index (χ1v) is 13.4. The molecule has 1 aliphatic rings. The second-order valence-electron chi connectivity index (χ2n) is 10.8. The van der Waals surface area contributed by atoms with Crippen LogP contribution in [0.2, 0.25) is 0 Å². The van der Waals surface area contributed by atoms with Gasteiger partial charge < -0.3 is 35.6 Å². The van der Waals surface area contributed by atoms with Gasteiger partial charge in [0.15, 0.2) is 11.6 Å². The van der Waals surface area contributed by atoms with Crippen LogP contribution in [0.4, 0.5) is 43.4 Å². The van der Waals surface area contributed by atoms with E-state index in [9.17, 15) is 18.7 Å². The Kier molecular flexibility index (Phi) is 9.22. The van der Waals surface area contributed by atoms with Crippen LogP contribution in [0.1, 0.15) is 32.3 Å². The van der Waals surface area contributed by atoms with Crippen LogP contribution in [0.15, 0.2) is 43.2 Å². The van der Waals surface area contributed by atoms with E-state index in [1.165, 1.54) is 33.4 Å². The van der Waals surface area contributed by atoms with E-state index in [-0.39, 0.29) is 35.1 Å². The second kappa shape index (κ2) is 12.7. The minimum atomic E-state index is -1.48. The highest BCUT2D eigenvalue weighted by atomic mass is 19.2. The van der Waals surface area contributed by atoms with Crippen LogP contribution in [-0.2, 0) is 10.4 Å². The molecule has 2 aromatic carbocycles. The van der Waals surface area contributed by atoms with E-state index in [1.807, 2.05) is 20.2 Å². The van der Waals surface area contributed by atoms with Gasteiger partial charge in [-0.1, -0.05) is 6.58 Å². The normalized spacial score (nSPS) is 15.1. The van der Waals surface area contributed by atoms with Gasteiger partial charge in [-0.25, -0.2) is 18.7 Å². The molecule has 42 heavy (non-hydrogen) atoms. The van der Waals surface area contributed by atoms with Crippen LogP contribution in [0.3, 0.4) is 0 Å². The number of aliphatic hydroxyl groups is 1. The van der Waals surface area contributed by atoms with Crippen molar-refractivity contribution in [1.82, 2.24) is 19.9 Å². The third-order valence-corrected chi connectivity index (χ3v) is 6.81. The minimum Gasteiger partial charge on any atom is -0.494 e. The SMILES string of the molecule is C=CC(=O)Nc1cc(Nc2ncnc(Nc3cc(F)c(F)cc3C(C)(C)O)n2)c(OC)cc1N1CCC[C@@H]1CN(C)C. The first-order chi connectivity index (χ1) is 19.9. The maximum atomic E-state index is 14.1. The summed E-state index contributed by atoms with van der Waals surface area (Å²) in [5.41, 5.74) is 0.558. The summed E-state index contributed by atoms with van der Waals surface area (Å²) in [6.07, 6.45) is 4.47. The number of rotatable bonds is 11. The Morgan fingerprint density at radius 2 is 1.81 bits per heavy atom. The summed E-state index contributed by atoms with van der Waals surface area (Å²) >= 11 is 0. The summed E-state index contributed by atoms with van der Waals surface area (Å²) in [7, 11) is 5.59. The molecule has 1 fully saturated rings. The fraction of sp³-hybridized carbons (Fsp3) is 0.379. The Hall–Kier alpha value is -4.36. The van der Waals surface area contributed by atoms with Gasteiger partial charge in [0.2, 0.25) is 17.8 Å². The first-order valence-electron chi connectivity index (χ1n) is 13.4. The summed E-state index contributed by atoms with van der Waals surface area (Å²) in [6, 6.07) is 5.70. The van der Waals surface area contributed by atoms with E-state index in [0.717, 1.165) is 43.8 Å². The number of ether oxygens (including phenoxy) is 1. The molecule has 2 heterocycles. The highest BCUT2D eigenvalue weighted by molar-refractivity contribution is 6.02. The third kappa shape index (κ3) is 7.09. The quantitative estimate of drug-likeness (QED) is 0.240. The van der Waals surface area contributed by atoms with Crippen LogP contribution in [0.25, 0.3) is 0 Å². The van der Waals surface area contributed by atoms with Gasteiger partial charge in [0.1, 0.15) is 12.1 Å². The lowest BCUT2D eigenvalue weighted by Gasteiger charge is -2.31. The summed E-state index contributed by atoms with van der Waals surface area (Å²) in [5, 5.41) is 19.3. The molecule has 0 spiro atoms. The zero-order valence-corrected chi connectivity index (χ0v) is 24.3. The third-order valence-electron chi connectivity index (χ3n) is 6.81. The van der Waals surface area contributed by atoms with Crippen molar-refractivity contribution in [1.29, 1.82) is 0 Å². The summed E-state index contributed by atoms with van der Waals surface area (Å²) in [5.74, 6) is -1.94. The van der Waals surface area contributed by atoms with Crippen molar-refractivity contribution in [2.75, 3.05) is 55.1 Å². The number of hydrogen-bond donors (Lipinski definition) is 4. The van der Waals surface area contributed by atoms with E-state index in [0.29, 0.717) is 17.1 Å². The van der Waals surface area contributed by atoms with Crippen molar-refractivity contribution in [2.24, 2.45) is 0 Å². The fourth-order valence-electron chi connectivity index (χ4n) is 4.94. The lowest BCUT2D eigenvalue weighted by atomic mass is 9.96. The highest BCUT2D eigenvalue weighted by Crippen LogP contribution is 2.41. The molecule has 3 aromatic rings. The molecule has 1 saturated heterocycles. The number of carbonyl (C=O) groups is 1. The molecule has 4 N–H and O–H groups in total. The van der Waals surface area contributed by atoms with E-state index in [4.69, 9.17) is 4.74 Å². The molecule has 0 aliphatic carbocycles. The number of nitrogens with one attached hydrogen (secondary N) is 3. The average molecular weight is 583 g/mol. The van der Waals surface area contributed by atoms with Crippen molar-refractivity contribution in [3.63, 3.8) is 0 Å². The van der Waals surface area contributed by atoms with Gasteiger partial charge in [0.05, 0.1) is 35.5 Å². The zero-order chi connectivity index (χ0) is 30.6. The Morgan fingerprint density at radius 1 is 1.14 bits per heavy atom. The maximum Gasteiger partial charge on any atom is 0.247 e. The van der Waals surface area contributed by atoms with Gasteiger partial charge in [0.25, 0.3) is 0 Å². The summed E-state index contributed by atoms with van der Waals surface area (Å²) in [4.78, 5) is 29.4. The Morgan fingerprint density at radius 3 is 2.43 bits per heavy atom. The van der Waals surface area contributed by atoms with Crippen LogP contribution in [0.5, 0.6) is 5.75 Å². The second-order valence-corrected chi connectivity index (χ2v) is 10.8. The molecule has 224 valence electrons. The van der Waals surface area contributed by atoms with Gasteiger partial charge in [-0.2, -0.15) is 4.98 Å². The number of benzene rings is 2. The van der Waals surface area contributed by atoms with Crippen LogP contribution < -0.4 is 25.6 Å². The predicted octanol–water partition coefficient (Wildman–Crippen LogP) is 4.53. The topological polar surface area (TPSA) is 128 Å². The lowest BCUT2D eigenvalue weighted by molar-refractivity contribution is -0.111.